The maximum absolute atomic E-state index is 12.7. The Morgan fingerprint density at radius 1 is 0.862 bits per heavy atom. The Hall–Kier alpha value is -2.12. The predicted octanol–water partition coefficient (Wildman–Crippen LogP) is 2.49. The van der Waals surface area contributed by atoms with Gasteiger partial charge in [-0.2, -0.15) is 0 Å². The van der Waals surface area contributed by atoms with Crippen LogP contribution in [0.15, 0.2) is 0 Å². The molecule has 0 aromatic rings. The molecule has 8 heteroatoms. The van der Waals surface area contributed by atoms with Crippen molar-refractivity contribution in [1.29, 1.82) is 0 Å². The number of ether oxygens (including phenoxy) is 2. The maximum atomic E-state index is 12.7. The van der Waals surface area contributed by atoms with Crippen LogP contribution < -0.4 is 10.6 Å². The number of hydrogen-bond acceptors (Lipinski definition) is 6. The van der Waals surface area contributed by atoms with E-state index in [0.717, 1.165) is 25.7 Å². The number of carbonyl (C=O) groups is 4. The van der Waals surface area contributed by atoms with Crippen molar-refractivity contribution in [3.05, 3.63) is 0 Å². The topological polar surface area (TPSA) is 111 Å². The Morgan fingerprint density at radius 2 is 1.45 bits per heavy atom. The zero-order valence-corrected chi connectivity index (χ0v) is 18.5. The minimum atomic E-state index is -0.927. The van der Waals surface area contributed by atoms with E-state index >= 15 is 0 Å². The second-order valence-electron chi connectivity index (χ2n) is 7.58. The summed E-state index contributed by atoms with van der Waals surface area (Å²) in [5.74, 6) is -1.65. The van der Waals surface area contributed by atoms with Gasteiger partial charge in [0.25, 0.3) is 0 Å². The fraction of sp³-hybridized carbons (Fsp3) is 0.810. The van der Waals surface area contributed by atoms with Crippen molar-refractivity contribution in [1.82, 2.24) is 10.6 Å². The van der Waals surface area contributed by atoms with Crippen molar-refractivity contribution in [2.75, 3.05) is 13.2 Å². The lowest BCUT2D eigenvalue weighted by atomic mass is 10.0. The van der Waals surface area contributed by atoms with E-state index in [2.05, 4.69) is 10.6 Å². The smallest absolute Gasteiger partial charge is 0.328 e. The number of carbonyl (C=O) groups excluding carboxylic acids is 4. The first-order chi connectivity index (χ1) is 13.7. The Balaban J connectivity index is 4.91. The number of hydrogen-bond donors (Lipinski definition) is 2. The summed E-state index contributed by atoms with van der Waals surface area (Å²) in [7, 11) is 0. The van der Waals surface area contributed by atoms with Gasteiger partial charge in [-0.05, 0) is 31.6 Å². The first-order valence-electron chi connectivity index (χ1n) is 10.6. The summed E-state index contributed by atoms with van der Waals surface area (Å²) in [6.45, 7) is 9.81. The Labute approximate surface area is 174 Å². The molecule has 0 saturated carbocycles. The molecule has 0 aromatic heterocycles. The van der Waals surface area contributed by atoms with Crippen LogP contribution >= 0.6 is 0 Å². The molecule has 0 aliphatic heterocycles. The summed E-state index contributed by atoms with van der Waals surface area (Å²) in [5, 5.41) is 5.22. The predicted molar refractivity (Wildman–Crippen MR) is 110 cm³/mol. The van der Waals surface area contributed by atoms with Crippen LogP contribution in [0.5, 0.6) is 0 Å². The van der Waals surface area contributed by atoms with Gasteiger partial charge in [0.1, 0.15) is 12.1 Å². The molecule has 0 fully saturated rings. The third kappa shape index (κ3) is 13.7. The summed E-state index contributed by atoms with van der Waals surface area (Å²) in [6.07, 6.45) is 3.85. The molecule has 0 aliphatic rings. The largest absolute Gasteiger partial charge is 0.466 e. The molecule has 8 nitrogen and oxygen atoms in total. The van der Waals surface area contributed by atoms with Crippen molar-refractivity contribution in [2.24, 2.45) is 5.92 Å². The molecule has 29 heavy (non-hydrogen) atoms. The molecule has 0 spiro atoms. The Bertz CT molecular complexity index is 521. The average molecular weight is 415 g/mol. The van der Waals surface area contributed by atoms with Crippen LogP contribution in [0.2, 0.25) is 0 Å². The van der Waals surface area contributed by atoms with E-state index in [9.17, 15) is 19.2 Å². The summed E-state index contributed by atoms with van der Waals surface area (Å²) in [4.78, 5) is 48.3. The maximum Gasteiger partial charge on any atom is 0.328 e. The van der Waals surface area contributed by atoms with E-state index in [1.54, 1.807) is 0 Å². The first-order valence-corrected chi connectivity index (χ1v) is 10.6. The van der Waals surface area contributed by atoms with Crippen molar-refractivity contribution in [3.63, 3.8) is 0 Å². The minimum Gasteiger partial charge on any atom is -0.466 e. The lowest BCUT2D eigenvalue weighted by Gasteiger charge is -2.23. The number of rotatable bonds is 15. The van der Waals surface area contributed by atoms with Crippen LogP contribution in [0.4, 0.5) is 0 Å². The normalized spacial score (nSPS) is 12.8. The number of esters is 2. The molecule has 2 amide bonds. The lowest BCUT2D eigenvalue weighted by molar-refractivity contribution is -0.149. The van der Waals surface area contributed by atoms with Gasteiger partial charge in [0.05, 0.1) is 13.2 Å². The summed E-state index contributed by atoms with van der Waals surface area (Å²) < 4.78 is 10.3. The molecule has 0 heterocycles. The van der Waals surface area contributed by atoms with Crippen LogP contribution in [0.25, 0.3) is 0 Å². The molecule has 2 atom stereocenters. The standard InChI is InChI=1S/C21H38N2O6/c1-6-8-12-28-19(25)11-10-17(22-16(5)24)20(26)23-18(14-15(3)4)21(27)29-13-9-7-2/h15,17-18H,6-14H2,1-5H3,(H,22,24)(H,23,26). The fourth-order valence-corrected chi connectivity index (χ4v) is 2.55. The highest BCUT2D eigenvalue weighted by atomic mass is 16.5. The number of nitrogens with one attached hydrogen (secondary N) is 2. The molecule has 0 bridgehead atoms. The molecule has 0 aliphatic carbocycles. The lowest BCUT2D eigenvalue weighted by Crippen LogP contribution is -2.52. The van der Waals surface area contributed by atoms with Crippen molar-refractivity contribution >= 4 is 23.8 Å². The van der Waals surface area contributed by atoms with Crippen molar-refractivity contribution < 1.29 is 28.7 Å². The molecule has 0 aromatic carbocycles. The van der Waals surface area contributed by atoms with Gasteiger partial charge < -0.3 is 20.1 Å². The highest BCUT2D eigenvalue weighted by molar-refractivity contribution is 5.90. The first kappa shape index (κ1) is 26.9. The van der Waals surface area contributed by atoms with Gasteiger partial charge in [-0.3, -0.25) is 14.4 Å². The minimum absolute atomic E-state index is 0.00211. The zero-order chi connectivity index (χ0) is 22.2. The van der Waals surface area contributed by atoms with Crippen LogP contribution in [-0.2, 0) is 28.7 Å². The Morgan fingerprint density at radius 3 is 1.97 bits per heavy atom. The molecule has 2 unspecified atom stereocenters. The number of amides is 2. The van der Waals surface area contributed by atoms with Gasteiger partial charge in [0, 0.05) is 13.3 Å². The molecule has 0 rings (SSSR count). The average Bonchev–Trinajstić information content (AvgIpc) is 2.64. The van der Waals surface area contributed by atoms with E-state index in [-0.39, 0.29) is 18.8 Å². The zero-order valence-electron chi connectivity index (χ0n) is 18.5. The third-order valence-corrected chi connectivity index (χ3v) is 4.14. The Kier molecular flexibility index (Phi) is 14.6. The highest BCUT2D eigenvalue weighted by Gasteiger charge is 2.28. The monoisotopic (exact) mass is 414 g/mol. The van der Waals surface area contributed by atoms with Gasteiger partial charge in [-0.15, -0.1) is 0 Å². The second kappa shape index (κ2) is 15.8. The van der Waals surface area contributed by atoms with Crippen molar-refractivity contribution in [3.8, 4) is 0 Å². The molecule has 168 valence electrons. The van der Waals surface area contributed by atoms with E-state index in [1.807, 2.05) is 27.7 Å². The summed E-state index contributed by atoms with van der Waals surface area (Å²) >= 11 is 0. The van der Waals surface area contributed by atoms with E-state index in [1.165, 1.54) is 6.92 Å². The van der Waals surface area contributed by atoms with Gasteiger partial charge in [0.15, 0.2) is 0 Å². The van der Waals surface area contributed by atoms with E-state index in [0.29, 0.717) is 19.6 Å². The SMILES string of the molecule is CCCCOC(=O)CCC(NC(C)=O)C(=O)NC(CC(C)C)C(=O)OCCCC. The molecule has 0 saturated heterocycles. The molecule has 0 radical (unpaired) electrons. The molecular formula is C21H38N2O6. The van der Waals surface area contributed by atoms with Gasteiger partial charge in [-0.25, -0.2) is 4.79 Å². The van der Waals surface area contributed by atoms with E-state index < -0.39 is 35.8 Å². The quantitative estimate of drug-likeness (QED) is 0.315. The third-order valence-electron chi connectivity index (χ3n) is 4.14. The second-order valence-corrected chi connectivity index (χ2v) is 7.58. The highest BCUT2D eigenvalue weighted by Crippen LogP contribution is 2.09. The van der Waals surface area contributed by atoms with Crippen LogP contribution in [0, 0.1) is 5.92 Å². The van der Waals surface area contributed by atoms with Gasteiger partial charge in [-0.1, -0.05) is 40.5 Å². The van der Waals surface area contributed by atoms with Crippen LogP contribution in [0.3, 0.4) is 0 Å². The van der Waals surface area contributed by atoms with Gasteiger partial charge >= 0.3 is 11.9 Å². The fourth-order valence-electron chi connectivity index (χ4n) is 2.55. The van der Waals surface area contributed by atoms with Crippen molar-refractivity contribution in [2.45, 2.75) is 91.6 Å². The van der Waals surface area contributed by atoms with Gasteiger partial charge in [0.2, 0.25) is 11.8 Å². The molecule has 2 N–H and O–H groups in total. The summed E-state index contributed by atoms with van der Waals surface area (Å²) in [6, 6.07) is -1.73. The van der Waals surface area contributed by atoms with E-state index in [4.69, 9.17) is 9.47 Å². The van der Waals surface area contributed by atoms with Crippen LogP contribution in [-0.4, -0.2) is 49.1 Å². The number of unbranched alkanes of at least 4 members (excludes halogenated alkanes) is 2. The summed E-state index contributed by atoms with van der Waals surface area (Å²) in [5.41, 5.74) is 0. The molecular weight excluding hydrogens is 376 g/mol. The van der Waals surface area contributed by atoms with Crippen LogP contribution in [0.1, 0.15) is 79.6 Å².